The number of anilines is 2. The molecule has 1 N–H and O–H groups in total. The zero-order valence-electron chi connectivity index (χ0n) is 11.8. The number of rotatable bonds is 6. The fraction of sp³-hybridized carbons (Fsp3) is 0.333. The molecule has 0 amide bonds. The van der Waals surface area contributed by atoms with Crippen LogP contribution >= 0.6 is 0 Å². The van der Waals surface area contributed by atoms with Crippen LogP contribution in [-0.2, 0) is 6.54 Å². The highest BCUT2D eigenvalue weighted by atomic mass is 19.1. The molecule has 20 heavy (non-hydrogen) atoms. The topological polar surface area (TPSA) is 41.1 Å². The first-order valence-electron chi connectivity index (χ1n) is 6.79. The lowest BCUT2D eigenvalue weighted by atomic mass is 10.3. The maximum atomic E-state index is 13.0. The summed E-state index contributed by atoms with van der Waals surface area (Å²) in [6.07, 6.45) is 3.52. The Morgan fingerprint density at radius 1 is 1.10 bits per heavy atom. The van der Waals surface area contributed by atoms with E-state index in [1.807, 2.05) is 11.8 Å². The Hall–Kier alpha value is -2.01. The van der Waals surface area contributed by atoms with E-state index in [-0.39, 0.29) is 5.82 Å². The van der Waals surface area contributed by atoms with Crippen molar-refractivity contribution in [3.05, 3.63) is 48.2 Å². The highest BCUT2D eigenvalue weighted by molar-refractivity contribution is 5.58. The fourth-order valence-electron chi connectivity index (χ4n) is 1.93. The number of hydrogen-bond acceptors (Lipinski definition) is 4. The van der Waals surface area contributed by atoms with Crippen LogP contribution in [0.5, 0.6) is 0 Å². The molecule has 0 atom stereocenters. The largest absolute Gasteiger partial charge is 0.325 e. The summed E-state index contributed by atoms with van der Waals surface area (Å²) in [4.78, 5) is 10.8. The fourth-order valence-corrected chi connectivity index (χ4v) is 1.93. The number of halogens is 1. The standard InChI is InChI=1S/C15H19FN4/c1-3-17-9-13-10-19-15(11-18-13)20(4-2)14-7-5-12(16)6-8-14/h5-8,10-11,17H,3-4,9H2,1-2H3. The van der Waals surface area contributed by atoms with Gasteiger partial charge in [-0.25, -0.2) is 9.37 Å². The summed E-state index contributed by atoms with van der Waals surface area (Å²) in [6.45, 7) is 6.44. The van der Waals surface area contributed by atoms with Gasteiger partial charge in [0.15, 0.2) is 5.82 Å². The normalized spacial score (nSPS) is 10.6. The Labute approximate surface area is 118 Å². The van der Waals surface area contributed by atoms with Crippen molar-refractivity contribution < 1.29 is 4.39 Å². The number of benzene rings is 1. The molecular formula is C15H19FN4. The molecule has 1 heterocycles. The zero-order valence-corrected chi connectivity index (χ0v) is 11.8. The molecule has 0 saturated heterocycles. The number of nitrogens with one attached hydrogen (secondary N) is 1. The summed E-state index contributed by atoms with van der Waals surface area (Å²) in [5.74, 6) is 0.524. The average molecular weight is 274 g/mol. The van der Waals surface area contributed by atoms with Gasteiger partial charge < -0.3 is 10.2 Å². The highest BCUT2D eigenvalue weighted by Gasteiger charge is 2.09. The number of aromatic nitrogens is 2. The van der Waals surface area contributed by atoms with Gasteiger partial charge in [-0.15, -0.1) is 0 Å². The van der Waals surface area contributed by atoms with Crippen LogP contribution in [-0.4, -0.2) is 23.1 Å². The molecule has 1 aromatic carbocycles. The highest BCUT2D eigenvalue weighted by Crippen LogP contribution is 2.22. The van der Waals surface area contributed by atoms with Gasteiger partial charge >= 0.3 is 0 Å². The van der Waals surface area contributed by atoms with Crippen LogP contribution in [0.25, 0.3) is 0 Å². The molecule has 0 bridgehead atoms. The molecule has 0 fully saturated rings. The van der Waals surface area contributed by atoms with E-state index in [0.717, 1.165) is 30.3 Å². The lowest BCUT2D eigenvalue weighted by molar-refractivity contribution is 0.627. The molecular weight excluding hydrogens is 255 g/mol. The van der Waals surface area contributed by atoms with Gasteiger partial charge in [0.25, 0.3) is 0 Å². The quantitative estimate of drug-likeness (QED) is 0.879. The van der Waals surface area contributed by atoms with Crippen LogP contribution in [0, 0.1) is 5.82 Å². The van der Waals surface area contributed by atoms with Crippen LogP contribution in [0.3, 0.4) is 0 Å². The van der Waals surface area contributed by atoms with Crippen LogP contribution in [0.4, 0.5) is 15.9 Å². The maximum Gasteiger partial charge on any atom is 0.151 e. The molecule has 0 unspecified atom stereocenters. The van der Waals surface area contributed by atoms with Crippen LogP contribution < -0.4 is 10.2 Å². The Morgan fingerprint density at radius 3 is 2.40 bits per heavy atom. The van der Waals surface area contributed by atoms with Crippen molar-refractivity contribution in [3.63, 3.8) is 0 Å². The van der Waals surface area contributed by atoms with Gasteiger partial charge in [0.05, 0.1) is 18.1 Å². The predicted molar refractivity (Wildman–Crippen MR) is 78.5 cm³/mol. The Balaban J connectivity index is 2.17. The Kier molecular flexibility index (Phi) is 5.01. The van der Waals surface area contributed by atoms with Crippen LogP contribution in [0.15, 0.2) is 36.7 Å². The van der Waals surface area contributed by atoms with Gasteiger partial charge in [0.2, 0.25) is 0 Å². The van der Waals surface area contributed by atoms with E-state index in [1.54, 1.807) is 24.5 Å². The molecule has 106 valence electrons. The van der Waals surface area contributed by atoms with E-state index in [1.165, 1.54) is 12.1 Å². The smallest absolute Gasteiger partial charge is 0.151 e. The molecule has 0 spiro atoms. The molecule has 0 saturated carbocycles. The van der Waals surface area contributed by atoms with Crippen molar-refractivity contribution in [2.45, 2.75) is 20.4 Å². The maximum absolute atomic E-state index is 13.0. The van der Waals surface area contributed by atoms with E-state index in [9.17, 15) is 4.39 Å². The molecule has 2 aromatic rings. The van der Waals surface area contributed by atoms with E-state index < -0.39 is 0 Å². The first kappa shape index (κ1) is 14.4. The first-order chi connectivity index (χ1) is 9.74. The van der Waals surface area contributed by atoms with Crippen molar-refractivity contribution in [1.82, 2.24) is 15.3 Å². The van der Waals surface area contributed by atoms with E-state index in [4.69, 9.17) is 0 Å². The van der Waals surface area contributed by atoms with Gasteiger partial charge in [-0.1, -0.05) is 6.92 Å². The third-order valence-corrected chi connectivity index (χ3v) is 2.98. The van der Waals surface area contributed by atoms with Gasteiger partial charge in [-0.2, -0.15) is 0 Å². The molecule has 1 aromatic heterocycles. The first-order valence-corrected chi connectivity index (χ1v) is 6.79. The van der Waals surface area contributed by atoms with Crippen LogP contribution in [0.1, 0.15) is 19.5 Å². The van der Waals surface area contributed by atoms with Crippen molar-refractivity contribution in [3.8, 4) is 0 Å². The molecule has 0 aliphatic heterocycles. The van der Waals surface area contributed by atoms with E-state index >= 15 is 0 Å². The van der Waals surface area contributed by atoms with Gasteiger partial charge in [-0.05, 0) is 37.7 Å². The number of hydrogen-bond donors (Lipinski definition) is 1. The minimum absolute atomic E-state index is 0.239. The minimum Gasteiger partial charge on any atom is -0.325 e. The molecule has 5 heteroatoms. The molecule has 4 nitrogen and oxygen atoms in total. The second-order valence-electron chi connectivity index (χ2n) is 4.37. The average Bonchev–Trinajstić information content (AvgIpc) is 2.49. The molecule has 0 radical (unpaired) electrons. The van der Waals surface area contributed by atoms with Crippen molar-refractivity contribution in [2.75, 3.05) is 18.0 Å². The second-order valence-corrected chi connectivity index (χ2v) is 4.37. The summed E-state index contributed by atoms with van der Waals surface area (Å²) in [6, 6.07) is 6.38. The monoisotopic (exact) mass is 274 g/mol. The SMILES string of the molecule is CCNCc1cnc(N(CC)c2ccc(F)cc2)cn1. The summed E-state index contributed by atoms with van der Waals surface area (Å²) >= 11 is 0. The van der Waals surface area contributed by atoms with Crippen molar-refractivity contribution in [1.29, 1.82) is 0 Å². The third kappa shape index (κ3) is 3.51. The molecule has 0 aliphatic rings. The lowest BCUT2D eigenvalue weighted by Gasteiger charge is -2.21. The molecule has 2 rings (SSSR count). The summed E-state index contributed by atoms with van der Waals surface area (Å²) in [5.41, 5.74) is 1.81. The summed E-state index contributed by atoms with van der Waals surface area (Å²) in [7, 11) is 0. The van der Waals surface area contributed by atoms with Gasteiger partial charge in [0.1, 0.15) is 5.82 Å². The van der Waals surface area contributed by atoms with E-state index in [2.05, 4.69) is 22.2 Å². The third-order valence-electron chi connectivity index (χ3n) is 2.98. The summed E-state index contributed by atoms with van der Waals surface area (Å²) in [5, 5.41) is 3.21. The summed E-state index contributed by atoms with van der Waals surface area (Å²) < 4.78 is 13.0. The second kappa shape index (κ2) is 6.96. The Bertz CT molecular complexity index is 525. The van der Waals surface area contributed by atoms with Crippen molar-refractivity contribution >= 4 is 11.5 Å². The zero-order chi connectivity index (χ0) is 14.4. The van der Waals surface area contributed by atoms with Crippen molar-refractivity contribution in [2.24, 2.45) is 0 Å². The molecule has 0 aliphatic carbocycles. The number of nitrogens with zero attached hydrogens (tertiary/aromatic N) is 3. The Morgan fingerprint density at radius 2 is 1.85 bits per heavy atom. The van der Waals surface area contributed by atoms with E-state index in [0.29, 0.717) is 6.54 Å². The predicted octanol–water partition coefficient (Wildman–Crippen LogP) is 2.88. The van der Waals surface area contributed by atoms with Gasteiger partial charge in [0, 0.05) is 18.8 Å². The lowest BCUT2D eigenvalue weighted by Crippen LogP contribution is -2.18. The minimum atomic E-state index is -0.239. The van der Waals surface area contributed by atoms with Crippen LogP contribution in [0.2, 0.25) is 0 Å². The van der Waals surface area contributed by atoms with Gasteiger partial charge in [-0.3, -0.25) is 4.98 Å².